The van der Waals surface area contributed by atoms with Gasteiger partial charge in [0.2, 0.25) is 11.7 Å². The highest BCUT2D eigenvalue weighted by Gasteiger charge is 2.65. The minimum absolute atomic E-state index is 0.0209. The molecule has 3 aromatic carbocycles. The number of nitrogens with zero attached hydrogens (tertiary/aromatic N) is 3. The molecule has 1 amide bonds. The summed E-state index contributed by atoms with van der Waals surface area (Å²) in [5.74, 6) is -0.822. The molecule has 306 valence electrons. The highest BCUT2D eigenvalue weighted by atomic mass is 16.7. The van der Waals surface area contributed by atoms with Crippen LogP contribution >= 0.6 is 0 Å². The molecule has 58 heavy (non-hydrogen) atoms. The van der Waals surface area contributed by atoms with Gasteiger partial charge in [0.15, 0.2) is 0 Å². The Morgan fingerprint density at radius 3 is 2.47 bits per heavy atom. The average Bonchev–Trinajstić information content (AvgIpc) is 3.23. The molecular weight excluding hydrogens is 743 g/mol. The zero-order valence-corrected chi connectivity index (χ0v) is 32.9. The van der Waals surface area contributed by atoms with Crippen LogP contribution in [-0.4, -0.2) is 83.7 Å². The summed E-state index contributed by atoms with van der Waals surface area (Å²) in [5, 5.41) is 35.4. The fraction of sp³-hybridized carbons (Fsp3) is 0.400. The summed E-state index contributed by atoms with van der Waals surface area (Å²) >= 11 is 0. The van der Waals surface area contributed by atoms with Crippen LogP contribution in [0, 0.1) is 27.9 Å². The third kappa shape index (κ3) is 8.91. The van der Waals surface area contributed by atoms with E-state index in [1.54, 1.807) is 60.5 Å². The van der Waals surface area contributed by atoms with Gasteiger partial charge in [-0.2, -0.15) is 0 Å². The van der Waals surface area contributed by atoms with Crippen LogP contribution in [0.15, 0.2) is 102 Å². The number of amides is 1. The summed E-state index contributed by atoms with van der Waals surface area (Å²) in [6.07, 6.45) is 12.4. The molecule has 2 N–H and O–H groups in total. The standard InChI is InChI=1S/C45H51N3O10/c1-4-24-56-45-41(47(2)42(52)21-16-30-14-17-33(18-15-30)48(53)54)28-39(46-55-3)37-26-32(11-5-7-22-49)36(13-6-8-23-50)43(44(37)45)38-27-35(19-20-40(38)58-45)57-34-12-9-10-31(25-34)29-51/h4,9-10,12,14-21,25-27,29,32,36,41,43-44,49-50H,1,5-8,11,13,22-24,28H2,2-3H3/t32-,36+,41-,43+,44+,45+/m0/s1. The molecule has 0 saturated heterocycles. The Kier molecular flexibility index (Phi) is 13.9. The fourth-order valence-corrected chi connectivity index (χ4v) is 8.83. The number of likely N-dealkylation sites (N-methyl/N-ethyl adjacent to an activating group) is 1. The molecule has 6 atom stereocenters. The number of hydrogen-bond acceptors (Lipinski definition) is 11. The normalized spacial score (nSPS) is 23.9. The molecule has 13 nitrogen and oxygen atoms in total. The number of carbonyl (C=O) groups is 2. The SMILES string of the molecule is C=CCO[C@@]12Oc3ccc(Oc4cccc(C=O)c4)cc3[C@H]3[C@H](CCCCO)[C@@H](CCCCO)C=C(C(=NOC)C[C@@H]1N(C)C(=O)C=Cc1ccc([N+](=O)[O-])cc1)[C@H]32. The number of aliphatic hydroxyl groups is 2. The first-order valence-electron chi connectivity index (χ1n) is 19.7. The number of nitro groups is 1. The van der Waals surface area contributed by atoms with E-state index in [9.17, 15) is 29.9 Å². The molecule has 1 fully saturated rings. The van der Waals surface area contributed by atoms with E-state index in [4.69, 9.17) is 19.0 Å². The number of oxime groups is 1. The third-order valence-corrected chi connectivity index (χ3v) is 11.4. The van der Waals surface area contributed by atoms with Gasteiger partial charge in [0, 0.05) is 61.9 Å². The second kappa shape index (κ2) is 19.2. The molecule has 0 radical (unpaired) electrons. The Labute approximate surface area is 338 Å². The maximum atomic E-state index is 14.2. The smallest absolute Gasteiger partial charge is 0.269 e. The van der Waals surface area contributed by atoms with Gasteiger partial charge in [0.1, 0.15) is 36.7 Å². The zero-order valence-electron chi connectivity index (χ0n) is 32.9. The molecule has 0 bridgehead atoms. The molecule has 3 aromatic rings. The van der Waals surface area contributed by atoms with Crippen molar-refractivity contribution in [2.24, 2.45) is 22.9 Å². The van der Waals surface area contributed by atoms with Crippen molar-refractivity contribution in [2.75, 3.05) is 34.0 Å². The van der Waals surface area contributed by atoms with Gasteiger partial charge in [-0.15, -0.1) is 6.58 Å². The molecule has 0 spiro atoms. The number of non-ortho nitro benzene ring substituents is 1. The summed E-state index contributed by atoms with van der Waals surface area (Å²) in [7, 11) is 3.19. The van der Waals surface area contributed by atoms with E-state index >= 15 is 0 Å². The minimum Gasteiger partial charge on any atom is -0.459 e. The van der Waals surface area contributed by atoms with Gasteiger partial charge in [0.05, 0.1) is 23.2 Å². The Balaban J connectivity index is 1.50. The number of rotatable bonds is 19. The van der Waals surface area contributed by atoms with Crippen LogP contribution in [0.25, 0.3) is 6.08 Å². The van der Waals surface area contributed by atoms with Gasteiger partial charge in [-0.05, 0) is 97.2 Å². The van der Waals surface area contributed by atoms with E-state index in [1.807, 2.05) is 18.2 Å². The first-order valence-corrected chi connectivity index (χ1v) is 19.7. The number of aliphatic hydroxyl groups excluding tert-OH is 2. The molecule has 1 heterocycles. The molecule has 1 saturated carbocycles. The van der Waals surface area contributed by atoms with E-state index in [-0.39, 0.29) is 55.6 Å². The van der Waals surface area contributed by atoms with E-state index in [0.717, 1.165) is 43.1 Å². The molecule has 6 rings (SSSR count). The first-order chi connectivity index (χ1) is 28.2. The van der Waals surface area contributed by atoms with Crippen LogP contribution in [0.5, 0.6) is 17.2 Å². The molecule has 0 aromatic heterocycles. The maximum absolute atomic E-state index is 14.2. The van der Waals surface area contributed by atoms with Crippen molar-refractivity contribution in [3.8, 4) is 17.2 Å². The van der Waals surface area contributed by atoms with Crippen LogP contribution in [-0.2, 0) is 14.4 Å². The third-order valence-electron chi connectivity index (χ3n) is 11.4. The van der Waals surface area contributed by atoms with E-state index in [1.165, 1.54) is 25.3 Å². The summed E-state index contributed by atoms with van der Waals surface area (Å²) in [4.78, 5) is 43.5. The maximum Gasteiger partial charge on any atom is 0.269 e. The second-order valence-electron chi connectivity index (χ2n) is 14.9. The van der Waals surface area contributed by atoms with Crippen molar-refractivity contribution in [3.63, 3.8) is 0 Å². The first kappa shape index (κ1) is 42.0. The molecule has 0 unspecified atom stereocenters. The molecule has 1 aliphatic heterocycles. The number of fused-ring (bicyclic) bond motifs is 2. The Morgan fingerprint density at radius 2 is 1.78 bits per heavy atom. The highest BCUT2D eigenvalue weighted by molar-refractivity contribution is 6.03. The minimum atomic E-state index is -1.43. The van der Waals surface area contributed by atoms with Gasteiger partial charge in [-0.25, -0.2) is 0 Å². The van der Waals surface area contributed by atoms with Crippen molar-refractivity contribution in [1.82, 2.24) is 4.90 Å². The lowest BCUT2D eigenvalue weighted by Crippen LogP contribution is -2.69. The molecule has 2 aliphatic carbocycles. The van der Waals surface area contributed by atoms with Gasteiger partial charge in [0.25, 0.3) is 5.69 Å². The summed E-state index contributed by atoms with van der Waals surface area (Å²) < 4.78 is 20.4. The van der Waals surface area contributed by atoms with Crippen LogP contribution in [0.2, 0.25) is 0 Å². The summed E-state index contributed by atoms with van der Waals surface area (Å²) in [5.41, 5.74) is 3.50. The Morgan fingerprint density at radius 1 is 1.03 bits per heavy atom. The van der Waals surface area contributed by atoms with Crippen molar-refractivity contribution >= 4 is 29.7 Å². The van der Waals surface area contributed by atoms with Gasteiger partial charge in [-0.1, -0.05) is 42.3 Å². The van der Waals surface area contributed by atoms with Gasteiger partial charge in [-0.3, -0.25) is 19.7 Å². The van der Waals surface area contributed by atoms with Crippen LogP contribution in [0.3, 0.4) is 0 Å². The van der Waals surface area contributed by atoms with E-state index in [0.29, 0.717) is 46.9 Å². The van der Waals surface area contributed by atoms with Crippen molar-refractivity contribution in [3.05, 3.63) is 124 Å². The number of carbonyl (C=O) groups excluding carboxylic acids is 2. The predicted octanol–water partition coefficient (Wildman–Crippen LogP) is 7.63. The van der Waals surface area contributed by atoms with Crippen LogP contribution < -0.4 is 9.47 Å². The lowest BCUT2D eigenvalue weighted by Gasteiger charge is -2.59. The van der Waals surface area contributed by atoms with Crippen molar-refractivity contribution < 1.29 is 43.8 Å². The van der Waals surface area contributed by atoms with E-state index < -0.39 is 22.7 Å². The largest absolute Gasteiger partial charge is 0.459 e. The number of ether oxygens (including phenoxy) is 3. The number of unbranched alkanes of at least 4 members (excludes halogenated alkanes) is 2. The Hall–Kier alpha value is -5.63. The van der Waals surface area contributed by atoms with Crippen molar-refractivity contribution in [2.45, 2.75) is 62.7 Å². The molecular formula is C45H51N3O10. The summed E-state index contributed by atoms with van der Waals surface area (Å²) in [6, 6.07) is 17.8. The van der Waals surface area contributed by atoms with Gasteiger partial charge < -0.3 is 34.2 Å². The zero-order chi connectivity index (χ0) is 41.2. The number of benzene rings is 3. The number of allylic oxidation sites excluding steroid dienone is 1. The number of aldehydes is 1. The fourth-order valence-electron chi connectivity index (χ4n) is 8.83. The molecule has 13 heteroatoms. The lowest BCUT2D eigenvalue weighted by atomic mass is 9.55. The van der Waals surface area contributed by atoms with E-state index in [2.05, 4.69) is 17.8 Å². The van der Waals surface area contributed by atoms with Gasteiger partial charge >= 0.3 is 0 Å². The topological polar surface area (TPSA) is 170 Å². The van der Waals surface area contributed by atoms with Crippen LogP contribution in [0.1, 0.15) is 72.3 Å². The van der Waals surface area contributed by atoms with Crippen molar-refractivity contribution in [1.29, 1.82) is 0 Å². The quantitative estimate of drug-likeness (QED) is 0.0307. The number of nitro benzene ring substituents is 1. The Bertz CT molecular complexity index is 2050. The summed E-state index contributed by atoms with van der Waals surface area (Å²) in [6.45, 7) is 4.22. The average molecular weight is 794 g/mol. The monoisotopic (exact) mass is 793 g/mol. The lowest BCUT2D eigenvalue weighted by molar-refractivity contribution is -0.384. The highest BCUT2D eigenvalue weighted by Crippen LogP contribution is 2.62. The number of hydrogen-bond donors (Lipinski definition) is 2. The predicted molar refractivity (Wildman–Crippen MR) is 219 cm³/mol. The molecule has 3 aliphatic rings. The van der Waals surface area contributed by atoms with Crippen LogP contribution in [0.4, 0.5) is 5.69 Å². The second-order valence-corrected chi connectivity index (χ2v) is 14.9.